The molecule has 0 atom stereocenters. The molecule has 0 aromatic carbocycles. The summed E-state index contributed by atoms with van der Waals surface area (Å²) in [7, 11) is 0. The van der Waals surface area contributed by atoms with Gasteiger partial charge in [-0.15, -0.1) is 0 Å². The summed E-state index contributed by atoms with van der Waals surface area (Å²) in [6.07, 6.45) is 4.23. The van der Waals surface area contributed by atoms with Crippen LogP contribution < -0.4 is 5.32 Å². The fourth-order valence-electron chi connectivity index (χ4n) is 2.86. The van der Waals surface area contributed by atoms with Gasteiger partial charge >= 0.3 is 0 Å². The van der Waals surface area contributed by atoms with Crippen LogP contribution in [0.25, 0.3) is 0 Å². The summed E-state index contributed by atoms with van der Waals surface area (Å²) in [4.78, 5) is 2.61. The maximum absolute atomic E-state index is 3.43. The Morgan fingerprint density at radius 1 is 1.21 bits per heavy atom. The normalized spacial score (nSPS) is 28.7. The summed E-state index contributed by atoms with van der Waals surface area (Å²) in [6, 6.07) is 0. The van der Waals surface area contributed by atoms with Gasteiger partial charge in [-0.25, -0.2) is 0 Å². The molecule has 2 saturated heterocycles. The smallest absolute Gasteiger partial charge is 0.00452 e. The molecule has 2 nitrogen and oxygen atoms in total. The van der Waals surface area contributed by atoms with E-state index in [1.165, 1.54) is 52.0 Å². The van der Waals surface area contributed by atoms with Crippen LogP contribution in [0.1, 0.15) is 33.1 Å². The van der Waals surface area contributed by atoms with Crippen LogP contribution in [0.2, 0.25) is 0 Å². The molecule has 2 rings (SSSR count). The topological polar surface area (TPSA) is 15.3 Å². The second-order valence-corrected chi connectivity index (χ2v) is 5.86. The Kier molecular flexibility index (Phi) is 3.13. The Morgan fingerprint density at radius 2 is 1.86 bits per heavy atom. The van der Waals surface area contributed by atoms with Crippen molar-refractivity contribution in [1.29, 1.82) is 0 Å². The second-order valence-electron chi connectivity index (χ2n) is 5.86. The Balaban J connectivity index is 1.59. The van der Waals surface area contributed by atoms with Crippen molar-refractivity contribution in [3.8, 4) is 0 Å². The van der Waals surface area contributed by atoms with Crippen molar-refractivity contribution in [3.05, 3.63) is 0 Å². The Hall–Kier alpha value is -0.0800. The van der Waals surface area contributed by atoms with Gasteiger partial charge in [0.2, 0.25) is 0 Å². The summed E-state index contributed by atoms with van der Waals surface area (Å²) < 4.78 is 0. The number of nitrogens with one attached hydrogen (secondary N) is 1. The maximum Gasteiger partial charge on any atom is 0.00452 e. The van der Waals surface area contributed by atoms with E-state index in [9.17, 15) is 0 Å². The van der Waals surface area contributed by atoms with E-state index in [0.717, 1.165) is 5.92 Å². The lowest BCUT2D eigenvalue weighted by Crippen LogP contribution is -2.53. The minimum Gasteiger partial charge on any atom is -0.317 e. The molecule has 0 amide bonds. The van der Waals surface area contributed by atoms with Crippen LogP contribution in [0.15, 0.2) is 0 Å². The van der Waals surface area contributed by atoms with Crippen molar-refractivity contribution in [3.63, 3.8) is 0 Å². The molecule has 2 aliphatic heterocycles. The van der Waals surface area contributed by atoms with Gasteiger partial charge in [-0.1, -0.05) is 13.8 Å². The Labute approximate surface area is 88.1 Å². The van der Waals surface area contributed by atoms with Gasteiger partial charge in [-0.3, -0.25) is 0 Å². The number of hydrogen-bond acceptors (Lipinski definition) is 2. The molecule has 0 radical (unpaired) electrons. The van der Waals surface area contributed by atoms with E-state index < -0.39 is 0 Å². The van der Waals surface area contributed by atoms with E-state index in [4.69, 9.17) is 0 Å². The monoisotopic (exact) mass is 196 g/mol. The van der Waals surface area contributed by atoms with Gasteiger partial charge in [0.05, 0.1) is 0 Å². The Morgan fingerprint density at radius 3 is 2.43 bits per heavy atom. The number of hydrogen-bond donors (Lipinski definition) is 1. The highest BCUT2D eigenvalue weighted by atomic mass is 15.2. The second kappa shape index (κ2) is 4.19. The molecule has 2 fully saturated rings. The van der Waals surface area contributed by atoms with Crippen LogP contribution in [0, 0.1) is 11.3 Å². The van der Waals surface area contributed by atoms with Crippen LogP contribution in [0.4, 0.5) is 0 Å². The van der Waals surface area contributed by atoms with Crippen LogP contribution >= 0.6 is 0 Å². The third-order valence-corrected chi connectivity index (χ3v) is 3.62. The first-order valence-corrected chi connectivity index (χ1v) is 6.09. The van der Waals surface area contributed by atoms with Crippen molar-refractivity contribution in [2.75, 3.05) is 32.7 Å². The summed E-state index contributed by atoms with van der Waals surface area (Å²) in [5.41, 5.74) is 0.605. The molecule has 2 aliphatic rings. The molecule has 0 bridgehead atoms. The minimum atomic E-state index is 0.605. The highest BCUT2D eigenvalue weighted by Crippen LogP contribution is 2.29. The highest BCUT2D eigenvalue weighted by molar-refractivity contribution is 4.87. The maximum atomic E-state index is 3.43. The molecule has 0 spiro atoms. The van der Waals surface area contributed by atoms with Crippen molar-refractivity contribution in [2.24, 2.45) is 11.3 Å². The van der Waals surface area contributed by atoms with Gasteiger partial charge < -0.3 is 10.2 Å². The van der Waals surface area contributed by atoms with Crippen molar-refractivity contribution in [2.45, 2.75) is 33.1 Å². The number of nitrogens with zero attached hydrogens (tertiary/aromatic N) is 1. The zero-order chi connectivity index (χ0) is 10.0. The van der Waals surface area contributed by atoms with Crippen LogP contribution in [-0.2, 0) is 0 Å². The highest BCUT2D eigenvalue weighted by Gasteiger charge is 2.33. The van der Waals surface area contributed by atoms with E-state index in [0.29, 0.717) is 5.41 Å². The molecule has 2 heteroatoms. The van der Waals surface area contributed by atoms with Crippen molar-refractivity contribution in [1.82, 2.24) is 10.2 Å². The standard InChI is InChI=1S/C12H24N2/c1-12(2)9-14(10-12)8-5-11-3-6-13-7-4-11/h11,13H,3-10H2,1-2H3. The molecule has 1 N–H and O–H groups in total. The third-order valence-electron chi connectivity index (χ3n) is 3.62. The molecule has 0 aliphatic carbocycles. The predicted octanol–water partition coefficient (Wildman–Crippen LogP) is 1.72. The van der Waals surface area contributed by atoms with E-state index >= 15 is 0 Å². The van der Waals surface area contributed by atoms with Crippen LogP contribution in [-0.4, -0.2) is 37.6 Å². The number of rotatable bonds is 3. The molecule has 0 aromatic heterocycles. The van der Waals surface area contributed by atoms with Crippen LogP contribution in [0.3, 0.4) is 0 Å². The lowest BCUT2D eigenvalue weighted by Gasteiger charge is -2.46. The van der Waals surface area contributed by atoms with E-state index in [2.05, 4.69) is 24.1 Å². The van der Waals surface area contributed by atoms with Gasteiger partial charge in [0, 0.05) is 13.1 Å². The molecular weight excluding hydrogens is 172 g/mol. The van der Waals surface area contributed by atoms with Crippen LogP contribution in [0.5, 0.6) is 0 Å². The summed E-state index contributed by atoms with van der Waals surface area (Å²) in [5, 5.41) is 3.43. The average Bonchev–Trinajstić information content (AvgIpc) is 2.13. The van der Waals surface area contributed by atoms with Gasteiger partial charge in [0.25, 0.3) is 0 Å². The first kappa shape index (κ1) is 10.4. The molecule has 14 heavy (non-hydrogen) atoms. The molecule has 0 aromatic rings. The first-order valence-electron chi connectivity index (χ1n) is 6.09. The lowest BCUT2D eigenvalue weighted by molar-refractivity contribution is 0.0256. The van der Waals surface area contributed by atoms with Gasteiger partial charge in [-0.05, 0) is 50.2 Å². The zero-order valence-corrected chi connectivity index (χ0v) is 9.68. The molecule has 0 saturated carbocycles. The molecular formula is C12H24N2. The fraction of sp³-hybridized carbons (Fsp3) is 1.00. The van der Waals surface area contributed by atoms with E-state index in [-0.39, 0.29) is 0 Å². The molecule has 2 heterocycles. The van der Waals surface area contributed by atoms with E-state index in [1.807, 2.05) is 0 Å². The quantitative estimate of drug-likeness (QED) is 0.739. The summed E-state index contributed by atoms with van der Waals surface area (Å²) >= 11 is 0. The summed E-state index contributed by atoms with van der Waals surface area (Å²) in [6.45, 7) is 11.2. The third kappa shape index (κ3) is 2.71. The van der Waals surface area contributed by atoms with Gasteiger partial charge in [0.1, 0.15) is 0 Å². The average molecular weight is 196 g/mol. The van der Waals surface area contributed by atoms with Crippen molar-refractivity contribution >= 4 is 0 Å². The SMILES string of the molecule is CC1(C)CN(CCC2CCNCC2)C1. The molecule has 82 valence electrons. The van der Waals surface area contributed by atoms with E-state index in [1.54, 1.807) is 0 Å². The fourth-order valence-corrected chi connectivity index (χ4v) is 2.86. The van der Waals surface area contributed by atoms with Crippen molar-refractivity contribution < 1.29 is 0 Å². The zero-order valence-electron chi connectivity index (χ0n) is 9.68. The largest absolute Gasteiger partial charge is 0.317 e. The lowest BCUT2D eigenvalue weighted by atomic mass is 9.83. The summed E-state index contributed by atoms with van der Waals surface area (Å²) in [5.74, 6) is 1.000. The first-order chi connectivity index (χ1) is 6.66. The van der Waals surface area contributed by atoms with Gasteiger partial charge in [-0.2, -0.15) is 0 Å². The number of piperidine rings is 1. The molecule has 0 unspecified atom stereocenters. The number of likely N-dealkylation sites (tertiary alicyclic amines) is 1. The predicted molar refractivity (Wildman–Crippen MR) is 60.4 cm³/mol. The minimum absolute atomic E-state index is 0.605. The Bertz CT molecular complexity index is 175. The van der Waals surface area contributed by atoms with Gasteiger partial charge in [0.15, 0.2) is 0 Å².